The molecule has 0 bridgehead atoms. The van der Waals surface area contributed by atoms with Crippen LogP contribution in [0.5, 0.6) is 11.5 Å². The van der Waals surface area contributed by atoms with Crippen molar-refractivity contribution in [3.8, 4) is 11.5 Å². The van der Waals surface area contributed by atoms with Crippen LogP contribution in [0, 0.1) is 0 Å². The van der Waals surface area contributed by atoms with Crippen LogP contribution >= 0.6 is 11.8 Å². The van der Waals surface area contributed by atoms with Crippen molar-refractivity contribution in [2.24, 2.45) is 0 Å². The summed E-state index contributed by atoms with van der Waals surface area (Å²) in [4.78, 5) is 1.22. The molecule has 5 heteroatoms. The van der Waals surface area contributed by atoms with Gasteiger partial charge >= 0.3 is 0 Å². The lowest BCUT2D eigenvalue weighted by molar-refractivity contribution is 0.150. The summed E-state index contributed by atoms with van der Waals surface area (Å²) in [6.07, 6.45) is 0.945. The van der Waals surface area contributed by atoms with Gasteiger partial charge in [-0.25, -0.2) is 0 Å². The lowest BCUT2D eigenvalue weighted by atomic mass is 10.3. The maximum absolute atomic E-state index is 5.69. The number of nitrogens with one attached hydrogen (secondary N) is 1. The van der Waals surface area contributed by atoms with E-state index in [0.717, 1.165) is 63.2 Å². The van der Waals surface area contributed by atoms with Crippen molar-refractivity contribution in [1.82, 2.24) is 5.32 Å². The Morgan fingerprint density at radius 2 is 2.05 bits per heavy atom. The molecule has 0 radical (unpaired) electrons. The summed E-state index contributed by atoms with van der Waals surface area (Å²) in [5.74, 6) is 2.77. The van der Waals surface area contributed by atoms with Gasteiger partial charge in [-0.3, -0.25) is 0 Å². The zero-order chi connectivity index (χ0) is 14.0. The Balaban J connectivity index is 1.69. The molecule has 1 aliphatic heterocycles. The number of benzene rings is 1. The Bertz CT molecular complexity index is 401. The average molecular weight is 297 g/mol. The maximum atomic E-state index is 5.69. The highest BCUT2D eigenvalue weighted by molar-refractivity contribution is 7.99. The largest absolute Gasteiger partial charge is 0.490 e. The van der Waals surface area contributed by atoms with E-state index in [0.29, 0.717) is 0 Å². The molecule has 20 heavy (non-hydrogen) atoms. The quantitative estimate of drug-likeness (QED) is 0.590. The minimum atomic E-state index is 0.736. The van der Waals surface area contributed by atoms with Crippen LogP contribution in [-0.2, 0) is 4.74 Å². The highest BCUT2D eigenvalue weighted by Crippen LogP contribution is 2.33. The van der Waals surface area contributed by atoms with Crippen LogP contribution in [0.3, 0.4) is 0 Å². The fraction of sp³-hybridized carbons (Fsp3) is 0.600. The van der Waals surface area contributed by atoms with Crippen LogP contribution in [0.2, 0.25) is 0 Å². The molecule has 0 aliphatic carbocycles. The molecule has 0 saturated heterocycles. The van der Waals surface area contributed by atoms with E-state index < -0.39 is 0 Å². The Morgan fingerprint density at radius 3 is 2.90 bits per heavy atom. The van der Waals surface area contributed by atoms with Gasteiger partial charge in [-0.1, -0.05) is 0 Å². The monoisotopic (exact) mass is 297 g/mol. The molecular formula is C15H23NO3S. The van der Waals surface area contributed by atoms with Crippen LogP contribution in [0.15, 0.2) is 23.1 Å². The molecule has 1 aromatic rings. The highest BCUT2D eigenvalue weighted by Gasteiger charge is 2.10. The van der Waals surface area contributed by atoms with Crippen molar-refractivity contribution in [2.75, 3.05) is 45.3 Å². The predicted octanol–water partition coefficient (Wildman–Crippen LogP) is 2.57. The van der Waals surface area contributed by atoms with Crippen molar-refractivity contribution in [3.63, 3.8) is 0 Å². The van der Waals surface area contributed by atoms with E-state index in [1.54, 1.807) is 0 Å². The second-order valence-corrected chi connectivity index (χ2v) is 5.62. The molecule has 4 nitrogen and oxygen atoms in total. The van der Waals surface area contributed by atoms with E-state index in [9.17, 15) is 0 Å². The van der Waals surface area contributed by atoms with Crippen LogP contribution in [0.25, 0.3) is 0 Å². The van der Waals surface area contributed by atoms with Gasteiger partial charge in [0.25, 0.3) is 0 Å². The first kappa shape index (κ1) is 15.5. The van der Waals surface area contributed by atoms with E-state index in [1.165, 1.54) is 4.90 Å². The first-order valence-electron chi connectivity index (χ1n) is 7.21. The standard InChI is InChI=1S/C15H23NO3S/c1-2-17-10-6-16-7-11-20-13-4-5-14-15(12-13)19-9-3-8-18-14/h4-5,12,16H,2-3,6-11H2,1H3. The normalized spacial score (nSPS) is 14.1. The van der Waals surface area contributed by atoms with Crippen molar-refractivity contribution in [1.29, 1.82) is 0 Å². The van der Waals surface area contributed by atoms with Crippen LogP contribution in [0.4, 0.5) is 0 Å². The minimum Gasteiger partial charge on any atom is -0.490 e. The Hall–Kier alpha value is -0.910. The number of hydrogen-bond donors (Lipinski definition) is 1. The number of ether oxygens (including phenoxy) is 3. The van der Waals surface area contributed by atoms with Gasteiger partial charge in [0.15, 0.2) is 11.5 Å². The first-order valence-corrected chi connectivity index (χ1v) is 8.19. The van der Waals surface area contributed by atoms with Gasteiger partial charge in [-0.05, 0) is 25.1 Å². The third-order valence-corrected chi connectivity index (χ3v) is 3.89. The van der Waals surface area contributed by atoms with Gasteiger partial charge in [-0.2, -0.15) is 0 Å². The average Bonchev–Trinajstić information content (AvgIpc) is 2.71. The number of thioether (sulfide) groups is 1. The first-order chi connectivity index (χ1) is 9.90. The molecule has 0 saturated carbocycles. The van der Waals surface area contributed by atoms with Crippen molar-refractivity contribution in [2.45, 2.75) is 18.2 Å². The van der Waals surface area contributed by atoms with Gasteiger partial charge in [0.2, 0.25) is 0 Å². The molecule has 0 unspecified atom stereocenters. The molecule has 1 aliphatic rings. The summed E-state index contributed by atoms with van der Waals surface area (Å²) in [7, 11) is 0. The van der Waals surface area contributed by atoms with Crippen molar-refractivity contribution >= 4 is 11.8 Å². The fourth-order valence-corrected chi connectivity index (χ4v) is 2.72. The lowest BCUT2D eigenvalue weighted by Crippen LogP contribution is -2.22. The fourth-order valence-electron chi connectivity index (χ4n) is 1.89. The molecule has 1 heterocycles. The zero-order valence-electron chi connectivity index (χ0n) is 12.0. The summed E-state index contributed by atoms with van der Waals surface area (Å²) in [6, 6.07) is 6.18. The van der Waals surface area contributed by atoms with Crippen molar-refractivity contribution < 1.29 is 14.2 Å². The Kier molecular flexibility index (Phi) is 7.05. The summed E-state index contributed by atoms with van der Waals surface area (Å²) < 4.78 is 16.6. The third-order valence-electron chi connectivity index (χ3n) is 2.89. The van der Waals surface area contributed by atoms with Crippen LogP contribution < -0.4 is 14.8 Å². The molecule has 1 aromatic carbocycles. The number of rotatable bonds is 8. The zero-order valence-corrected chi connectivity index (χ0v) is 12.8. The molecular weight excluding hydrogens is 274 g/mol. The molecule has 0 aromatic heterocycles. The summed E-state index contributed by atoms with van der Waals surface area (Å²) >= 11 is 1.82. The lowest BCUT2D eigenvalue weighted by Gasteiger charge is -2.09. The van der Waals surface area contributed by atoms with E-state index in [4.69, 9.17) is 14.2 Å². The second kappa shape index (κ2) is 9.10. The second-order valence-electron chi connectivity index (χ2n) is 4.45. The highest BCUT2D eigenvalue weighted by atomic mass is 32.2. The molecule has 0 fully saturated rings. The van der Waals surface area contributed by atoms with Crippen LogP contribution in [-0.4, -0.2) is 45.3 Å². The topological polar surface area (TPSA) is 39.7 Å². The molecule has 0 amide bonds. The van der Waals surface area contributed by atoms with E-state index in [1.807, 2.05) is 24.8 Å². The summed E-state index contributed by atoms with van der Waals surface area (Å²) in [5, 5.41) is 3.36. The van der Waals surface area contributed by atoms with Crippen LogP contribution in [0.1, 0.15) is 13.3 Å². The minimum absolute atomic E-state index is 0.736. The Morgan fingerprint density at radius 1 is 1.20 bits per heavy atom. The molecule has 0 atom stereocenters. The van der Waals surface area contributed by atoms with Gasteiger partial charge in [0.1, 0.15) is 0 Å². The van der Waals surface area contributed by atoms with E-state index in [-0.39, 0.29) is 0 Å². The third kappa shape index (κ3) is 5.23. The summed E-state index contributed by atoms with van der Waals surface area (Å²) in [5.41, 5.74) is 0. The molecule has 2 rings (SSSR count). The molecule has 112 valence electrons. The van der Waals surface area contributed by atoms with Gasteiger partial charge in [-0.15, -0.1) is 11.8 Å². The number of fused-ring (bicyclic) bond motifs is 1. The van der Waals surface area contributed by atoms with Gasteiger partial charge in [0.05, 0.1) is 19.8 Å². The van der Waals surface area contributed by atoms with E-state index >= 15 is 0 Å². The van der Waals surface area contributed by atoms with E-state index in [2.05, 4.69) is 17.4 Å². The predicted molar refractivity (Wildman–Crippen MR) is 82.1 cm³/mol. The SMILES string of the molecule is CCOCCNCCSc1ccc2c(c1)OCCCO2. The van der Waals surface area contributed by atoms with Gasteiger partial charge in [0, 0.05) is 36.8 Å². The van der Waals surface area contributed by atoms with Gasteiger partial charge < -0.3 is 19.5 Å². The molecule has 1 N–H and O–H groups in total. The summed E-state index contributed by atoms with van der Waals surface area (Å²) in [6.45, 7) is 6.95. The van der Waals surface area contributed by atoms with Crippen molar-refractivity contribution in [3.05, 3.63) is 18.2 Å². The number of hydrogen-bond acceptors (Lipinski definition) is 5. The Labute approximate surface area is 125 Å². The molecule has 0 spiro atoms. The smallest absolute Gasteiger partial charge is 0.162 e. The maximum Gasteiger partial charge on any atom is 0.162 e.